The van der Waals surface area contributed by atoms with E-state index >= 15 is 0 Å². The molecule has 0 bridgehead atoms. The molecule has 5 nitrogen and oxygen atoms in total. The summed E-state index contributed by atoms with van der Waals surface area (Å²) in [7, 11) is 0. The van der Waals surface area contributed by atoms with Gasteiger partial charge in [-0.05, 0) is 0 Å². The molecule has 1 fully saturated rings. The number of rotatable bonds is 4. The number of carbonyl (C=O) groups is 2. The van der Waals surface area contributed by atoms with Gasteiger partial charge in [0.2, 0.25) is 5.91 Å². The van der Waals surface area contributed by atoms with Crippen LogP contribution in [0, 0.1) is 0 Å². The lowest BCUT2D eigenvalue weighted by atomic mass is 10.1. The third kappa shape index (κ3) is 2.56. The van der Waals surface area contributed by atoms with Gasteiger partial charge < -0.3 is 10.4 Å². The van der Waals surface area contributed by atoms with E-state index in [9.17, 15) is 9.59 Å². The fourth-order valence-electron chi connectivity index (χ4n) is 1.53. The molecule has 78 valence electrons. The van der Waals surface area contributed by atoms with Crippen LogP contribution in [0.4, 0.5) is 0 Å². The molecule has 0 aromatic heterocycles. The normalized spacial score (nSPS) is 22.9. The molecule has 0 aliphatic carbocycles. The second kappa shape index (κ2) is 4.76. The number of nitrogens with one attached hydrogen (secondary N) is 1. The van der Waals surface area contributed by atoms with Gasteiger partial charge in [-0.3, -0.25) is 14.5 Å². The number of hydrogen-bond acceptors (Lipinski definition) is 3. The molecule has 0 aromatic carbocycles. The van der Waals surface area contributed by atoms with Crippen LogP contribution in [0.25, 0.3) is 0 Å². The molecule has 1 atom stereocenters. The van der Waals surface area contributed by atoms with E-state index in [0.29, 0.717) is 19.6 Å². The van der Waals surface area contributed by atoms with Crippen molar-refractivity contribution in [3.63, 3.8) is 0 Å². The van der Waals surface area contributed by atoms with Crippen molar-refractivity contribution >= 4 is 11.9 Å². The Balaban J connectivity index is 2.64. The SMILES string of the molecule is C=CCN1CCNC(=O)C1CC(=O)O. The Morgan fingerprint density at radius 3 is 3.07 bits per heavy atom. The number of nitrogens with zero attached hydrogens (tertiary/aromatic N) is 1. The highest BCUT2D eigenvalue weighted by atomic mass is 16.4. The highest BCUT2D eigenvalue weighted by molar-refractivity contribution is 5.86. The van der Waals surface area contributed by atoms with Crippen LogP contribution >= 0.6 is 0 Å². The van der Waals surface area contributed by atoms with E-state index in [2.05, 4.69) is 11.9 Å². The molecule has 1 saturated heterocycles. The van der Waals surface area contributed by atoms with Gasteiger partial charge in [0.1, 0.15) is 0 Å². The third-order valence-electron chi connectivity index (χ3n) is 2.17. The molecule has 14 heavy (non-hydrogen) atoms. The van der Waals surface area contributed by atoms with Crippen molar-refractivity contribution in [2.24, 2.45) is 0 Å². The molecule has 2 N–H and O–H groups in total. The quantitative estimate of drug-likeness (QED) is 0.594. The summed E-state index contributed by atoms with van der Waals surface area (Å²) in [5.41, 5.74) is 0. The summed E-state index contributed by atoms with van der Waals surface area (Å²) in [5.74, 6) is -1.17. The Hall–Kier alpha value is -1.36. The number of hydrogen-bond donors (Lipinski definition) is 2. The highest BCUT2D eigenvalue weighted by Gasteiger charge is 2.30. The van der Waals surface area contributed by atoms with Crippen molar-refractivity contribution in [1.29, 1.82) is 0 Å². The predicted molar refractivity (Wildman–Crippen MR) is 50.8 cm³/mol. The Morgan fingerprint density at radius 2 is 2.50 bits per heavy atom. The molecule has 5 heteroatoms. The zero-order valence-corrected chi connectivity index (χ0v) is 7.90. The average molecular weight is 198 g/mol. The number of piperazine rings is 1. The Morgan fingerprint density at radius 1 is 1.79 bits per heavy atom. The number of amides is 1. The van der Waals surface area contributed by atoms with Gasteiger partial charge in [0.25, 0.3) is 0 Å². The van der Waals surface area contributed by atoms with E-state index in [1.807, 2.05) is 4.90 Å². The van der Waals surface area contributed by atoms with Crippen LogP contribution in [-0.2, 0) is 9.59 Å². The highest BCUT2D eigenvalue weighted by Crippen LogP contribution is 2.08. The van der Waals surface area contributed by atoms with E-state index in [0.717, 1.165) is 0 Å². The summed E-state index contributed by atoms with van der Waals surface area (Å²) in [6, 6.07) is -0.556. The molecule has 1 aliphatic rings. The maximum Gasteiger partial charge on any atom is 0.305 e. The van der Waals surface area contributed by atoms with Crippen molar-refractivity contribution in [1.82, 2.24) is 10.2 Å². The Bertz CT molecular complexity index is 252. The Kier molecular flexibility index (Phi) is 3.64. The average Bonchev–Trinajstić information content (AvgIpc) is 2.11. The maximum absolute atomic E-state index is 11.4. The van der Waals surface area contributed by atoms with Gasteiger partial charge in [-0.15, -0.1) is 6.58 Å². The van der Waals surface area contributed by atoms with Crippen LogP contribution in [0.5, 0.6) is 0 Å². The predicted octanol–water partition coefficient (Wildman–Crippen LogP) is -0.552. The molecule has 1 rings (SSSR count). The molecular weight excluding hydrogens is 184 g/mol. The number of aliphatic carboxylic acids is 1. The Labute approximate surface area is 82.4 Å². The molecule has 0 aromatic rings. The van der Waals surface area contributed by atoms with Gasteiger partial charge in [0.05, 0.1) is 12.5 Å². The molecule has 1 aliphatic heterocycles. The van der Waals surface area contributed by atoms with Crippen LogP contribution in [-0.4, -0.2) is 47.6 Å². The van der Waals surface area contributed by atoms with E-state index in [1.165, 1.54) is 0 Å². The molecule has 1 unspecified atom stereocenters. The van der Waals surface area contributed by atoms with Crippen molar-refractivity contribution in [2.45, 2.75) is 12.5 Å². The second-order valence-electron chi connectivity index (χ2n) is 3.19. The van der Waals surface area contributed by atoms with E-state index in [1.54, 1.807) is 6.08 Å². The van der Waals surface area contributed by atoms with Crippen LogP contribution < -0.4 is 5.32 Å². The van der Waals surface area contributed by atoms with Crippen LogP contribution in [0.3, 0.4) is 0 Å². The number of carboxylic acids is 1. The van der Waals surface area contributed by atoms with E-state index in [4.69, 9.17) is 5.11 Å². The molecule has 0 spiro atoms. The van der Waals surface area contributed by atoms with E-state index in [-0.39, 0.29) is 12.3 Å². The first-order chi connectivity index (χ1) is 6.65. The zero-order valence-electron chi connectivity index (χ0n) is 7.90. The minimum Gasteiger partial charge on any atom is -0.481 e. The lowest BCUT2D eigenvalue weighted by molar-refractivity contribution is -0.142. The zero-order chi connectivity index (χ0) is 10.6. The van der Waals surface area contributed by atoms with Gasteiger partial charge in [-0.25, -0.2) is 0 Å². The smallest absolute Gasteiger partial charge is 0.305 e. The fraction of sp³-hybridized carbons (Fsp3) is 0.556. The topological polar surface area (TPSA) is 69.6 Å². The van der Waals surface area contributed by atoms with Gasteiger partial charge in [-0.2, -0.15) is 0 Å². The van der Waals surface area contributed by atoms with Gasteiger partial charge in [0.15, 0.2) is 0 Å². The minimum absolute atomic E-state index is 0.153. The molecule has 0 saturated carbocycles. The van der Waals surface area contributed by atoms with Crippen molar-refractivity contribution in [3.8, 4) is 0 Å². The lowest BCUT2D eigenvalue weighted by Crippen LogP contribution is -2.55. The summed E-state index contributed by atoms with van der Waals surface area (Å²) in [5, 5.41) is 11.3. The monoisotopic (exact) mass is 198 g/mol. The largest absolute Gasteiger partial charge is 0.481 e. The molecule has 1 amide bonds. The van der Waals surface area contributed by atoms with Crippen LogP contribution in [0.1, 0.15) is 6.42 Å². The second-order valence-corrected chi connectivity index (χ2v) is 3.19. The van der Waals surface area contributed by atoms with Crippen molar-refractivity contribution in [3.05, 3.63) is 12.7 Å². The third-order valence-corrected chi connectivity index (χ3v) is 2.17. The van der Waals surface area contributed by atoms with Crippen molar-refractivity contribution in [2.75, 3.05) is 19.6 Å². The summed E-state index contributed by atoms with van der Waals surface area (Å²) in [4.78, 5) is 23.7. The summed E-state index contributed by atoms with van der Waals surface area (Å²) in [6.07, 6.45) is 1.52. The van der Waals surface area contributed by atoms with Gasteiger partial charge in [-0.1, -0.05) is 6.08 Å². The molecule has 0 radical (unpaired) electrons. The number of carbonyl (C=O) groups excluding carboxylic acids is 1. The van der Waals surface area contributed by atoms with Crippen LogP contribution in [0.2, 0.25) is 0 Å². The van der Waals surface area contributed by atoms with Crippen LogP contribution in [0.15, 0.2) is 12.7 Å². The lowest BCUT2D eigenvalue weighted by Gasteiger charge is -2.33. The standard InChI is InChI=1S/C9H14N2O3/c1-2-4-11-5-3-10-9(14)7(11)6-8(12)13/h2,7H,1,3-6H2,(H,10,14)(H,12,13). The summed E-state index contributed by atoms with van der Waals surface area (Å²) >= 11 is 0. The van der Waals surface area contributed by atoms with Gasteiger partial charge in [0, 0.05) is 19.6 Å². The molecular formula is C9H14N2O3. The summed E-state index contributed by atoms with van der Waals surface area (Å²) < 4.78 is 0. The fourth-order valence-corrected chi connectivity index (χ4v) is 1.53. The van der Waals surface area contributed by atoms with E-state index < -0.39 is 12.0 Å². The first-order valence-corrected chi connectivity index (χ1v) is 4.49. The summed E-state index contributed by atoms with van der Waals surface area (Å²) in [6.45, 7) is 5.37. The molecule has 1 heterocycles. The number of carboxylic acid groups (broad SMARTS) is 1. The van der Waals surface area contributed by atoms with Gasteiger partial charge >= 0.3 is 5.97 Å². The first-order valence-electron chi connectivity index (χ1n) is 4.49. The first kappa shape index (κ1) is 10.7. The van der Waals surface area contributed by atoms with Crippen molar-refractivity contribution < 1.29 is 14.7 Å². The minimum atomic E-state index is -0.957. The maximum atomic E-state index is 11.4.